The Balaban J connectivity index is 0.00000676. The van der Waals surface area contributed by atoms with Crippen LogP contribution in [-0.4, -0.2) is 50.3 Å². The predicted molar refractivity (Wildman–Crippen MR) is 120 cm³/mol. The number of carbonyl (C=O) groups excluding carboxylic acids is 1. The van der Waals surface area contributed by atoms with Gasteiger partial charge in [-0.2, -0.15) is 0 Å². The van der Waals surface area contributed by atoms with Gasteiger partial charge in [0, 0.05) is 18.2 Å². The molecule has 0 aliphatic rings. The maximum atomic E-state index is 11.9. The molecule has 0 bridgehead atoms. The summed E-state index contributed by atoms with van der Waals surface area (Å²) in [6.07, 6.45) is -0.0886. The molecule has 1 rings (SSSR count). The summed E-state index contributed by atoms with van der Waals surface area (Å²) in [5, 5.41) is 9.20. The van der Waals surface area contributed by atoms with Crippen molar-refractivity contribution in [3.8, 4) is 11.5 Å². The lowest BCUT2D eigenvalue weighted by molar-refractivity contribution is -0.121. The van der Waals surface area contributed by atoms with Gasteiger partial charge < -0.3 is 25.4 Å². The van der Waals surface area contributed by atoms with E-state index >= 15 is 0 Å². The molecule has 0 radical (unpaired) electrons. The minimum Gasteiger partial charge on any atom is -0.497 e. The van der Waals surface area contributed by atoms with E-state index in [1.807, 2.05) is 58.9 Å². The Morgan fingerprint density at radius 1 is 1.22 bits per heavy atom. The Morgan fingerprint density at radius 3 is 2.48 bits per heavy atom. The maximum absolute atomic E-state index is 11.9. The summed E-state index contributed by atoms with van der Waals surface area (Å²) >= 11 is 0. The summed E-state index contributed by atoms with van der Waals surface area (Å²) in [5.41, 5.74) is -0.266. The molecule has 0 aliphatic heterocycles. The first-order chi connectivity index (χ1) is 12.2. The van der Waals surface area contributed by atoms with Gasteiger partial charge >= 0.3 is 0 Å². The van der Waals surface area contributed by atoms with Crippen molar-refractivity contribution in [2.45, 2.75) is 46.3 Å². The molecule has 154 valence electrons. The number of benzene rings is 1. The first-order valence-corrected chi connectivity index (χ1v) is 8.87. The second kappa shape index (κ2) is 12.6. The molecule has 1 amide bonds. The number of rotatable bonds is 8. The number of hydrogen-bond acceptors (Lipinski definition) is 4. The zero-order valence-electron chi connectivity index (χ0n) is 17.1. The summed E-state index contributed by atoms with van der Waals surface area (Å²) in [6.45, 7) is 11.1. The number of carbonyl (C=O) groups is 1. The molecular weight excluding hydrogens is 459 g/mol. The van der Waals surface area contributed by atoms with Crippen LogP contribution in [0, 0.1) is 0 Å². The Hall–Kier alpha value is -1.71. The molecule has 3 N–H and O–H groups in total. The van der Waals surface area contributed by atoms with E-state index in [0.29, 0.717) is 19.0 Å². The van der Waals surface area contributed by atoms with Gasteiger partial charge in [-0.1, -0.05) is 6.07 Å². The molecule has 7 nitrogen and oxygen atoms in total. The van der Waals surface area contributed by atoms with E-state index < -0.39 is 0 Å². The molecule has 0 aliphatic carbocycles. The molecule has 0 aromatic heterocycles. The van der Waals surface area contributed by atoms with Crippen molar-refractivity contribution >= 4 is 35.8 Å². The van der Waals surface area contributed by atoms with Crippen molar-refractivity contribution in [3.05, 3.63) is 24.3 Å². The third-order valence-electron chi connectivity index (χ3n) is 3.17. The SMILES string of the molecule is CCNC(=NCC(=O)NC(C)(C)C)NCC(C)Oc1cccc(OC)c1.I. The molecule has 8 heteroatoms. The number of guanidine groups is 1. The van der Waals surface area contributed by atoms with Crippen LogP contribution in [0.1, 0.15) is 34.6 Å². The highest BCUT2D eigenvalue weighted by Crippen LogP contribution is 2.19. The molecule has 0 fully saturated rings. The van der Waals surface area contributed by atoms with E-state index in [-0.39, 0.29) is 48.1 Å². The predicted octanol–water partition coefficient (Wildman–Crippen LogP) is 2.55. The maximum Gasteiger partial charge on any atom is 0.242 e. The third-order valence-corrected chi connectivity index (χ3v) is 3.17. The number of halogens is 1. The van der Waals surface area contributed by atoms with Gasteiger partial charge in [-0.25, -0.2) is 4.99 Å². The number of nitrogens with one attached hydrogen (secondary N) is 3. The second-order valence-electron chi connectivity index (χ2n) is 6.98. The fourth-order valence-corrected chi connectivity index (χ4v) is 2.14. The fraction of sp³-hybridized carbons (Fsp3) is 0.579. The summed E-state index contributed by atoms with van der Waals surface area (Å²) in [4.78, 5) is 16.2. The standard InChI is InChI=1S/C19H32N4O3.HI/c1-7-20-18(22-13-17(24)23-19(3,4)5)21-12-14(2)26-16-10-8-9-15(11-16)25-6;/h8-11,14H,7,12-13H2,1-6H3,(H,23,24)(H2,20,21,22);1H. The van der Waals surface area contributed by atoms with Crippen LogP contribution in [0.25, 0.3) is 0 Å². The van der Waals surface area contributed by atoms with E-state index in [0.717, 1.165) is 11.5 Å². The van der Waals surface area contributed by atoms with Gasteiger partial charge in [0.2, 0.25) is 5.91 Å². The Labute approximate surface area is 179 Å². The van der Waals surface area contributed by atoms with Crippen LogP contribution in [0.2, 0.25) is 0 Å². The first-order valence-electron chi connectivity index (χ1n) is 8.87. The van der Waals surface area contributed by atoms with Gasteiger partial charge in [-0.05, 0) is 46.8 Å². The molecule has 1 aromatic rings. The topological polar surface area (TPSA) is 84.0 Å². The van der Waals surface area contributed by atoms with Gasteiger partial charge in [-0.3, -0.25) is 4.79 Å². The number of methoxy groups -OCH3 is 1. The smallest absolute Gasteiger partial charge is 0.242 e. The lowest BCUT2D eigenvalue weighted by Gasteiger charge is -2.20. The van der Waals surface area contributed by atoms with Crippen LogP contribution < -0.4 is 25.4 Å². The summed E-state index contributed by atoms with van der Waals surface area (Å²) < 4.78 is 11.1. The van der Waals surface area contributed by atoms with Crippen molar-refractivity contribution in [2.75, 3.05) is 26.7 Å². The minimum absolute atomic E-state index is 0. The zero-order chi connectivity index (χ0) is 19.6. The normalized spacial score (nSPS) is 12.4. The highest BCUT2D eigenvalue weighted by molar-refractivity contribution is 14.0. The van der Waals surface area contributed by atoms with E-state index in [1.165, 1.54) is 0 Å². The zero-order valence-corrected chi connectivity index (χ0v) is 19.4. The molecule has 0 saturated carbocycles. The Bertz CT molecular complexity index is 603. The van der Waals surface area contributed by atoms with Crippen LogP contribution in [0.4, 0.5) is 0 Å². The van der Waals surface area contributed by atoms with Gasteiger partial charge in [0.25, 0.3) is 0 Å². The third kappa shape index (κ3) is 11.6. The van der Waals surface area contributed by atoms with Gasteiger partial charge in [0.15, 0.2) is 5.96 Å². The lowest BCUT2D eigenvalue weighted by atomic mass is 10.1. The van der Waals surface area contributed by atoms with Crippen LogP contribution in [-0.2, 0) is 4.79 Å². The number of nitrogens with zero attached hydrogens (tertiary/aromatic N) is 1. The second-order valence-corrected chi connectivity index (χ2v) is 6.98. The molecule has 0 spiro atoms. The molecule has 0 heterocycles. The number of amides is 1. The average molecular weight is 492 g/mol. The number of ether oxygens (including phenoxy) is 2. The number of aliphatic imine (C=N–C) groups is 1. The van der Waals surface area contributed by atoms with Crippen molar-refractivity contribution in [1.29, 1.82) is 0 Å². The molecular formula is C19H33IN4O3. The lowest BCUT2D eigenvalue weighted by Crippen LogP contribution is -2.44. The van der Waals surface area contributed by atoms with Crippen LogP contribution in [0.5, 0.6) is 11.5 Å². The fourth-order valence-electron chi connectivity index (χ4n) is 2.14. The summed E-state index contributed by atoms with van der Waals surface area (Å²) in [5.74, 6) is 1.96. The molecule has 1 atom stereocenters. The molecule has 0 saturated heterocycles. The summed E-state index contributed by atoms with van der Waals surface area (Å²) in [7, 11) is 1.62. The van der Waals surface area contributed by atoms with Crippen molar-refractivity contribution in [2.24, 2.45) is 4.99 Å². The minimum atomic E-state index is -0.266. The van der Waals surface area contributed by atoms with Gasteiger partial charge in [0.1, 0.15) is 24.1 Å². The van der Waals surface area contributed by atoms with Gasteiger partial charge in [0.05, 0.1) is 13.7 Å². The highest BCUT2D eigenvalue weighted by Gasteiger charge is 2.13. The first kappa shape index (κ1) is 25.3. The quantitative estimate of drug-likeness (QED) is 0.295. The molecule has 1 unspecified atom stereocenters. The Morgan fingerprint density at radius 2 is 1.89 bits per heavy atom. The van der Waals surface area contributed by atoms with Crippen molar-refractivity contribution < 1.29 is 14.3 Å². The van der Waals surface area contributed by atoms with Crippen LogP contribution in [0.3, 0.4) is 0 Å². The highest BCUT2D eigenvalue weighted by atomic mass is 127. The van der Waals surface area contributed by atoms with E-state index in [1.54, 1.807) is 7.11 Å². The van der Waals surface area contributed by atoms with E-state index in [2.05, 4.69) is 20.9 Å². The van der Waals surface area contributed by atoms with Crippen molar-refractivity contribution in [3.63, 3.8) is 0 Å². The van der Waals surface area contributed by atoms with E-state index in [9.17, 15) is 4.79 Å². The Kier molecular flexibility index (Phi) is 11.8. The van der Waals surface area contributed by atoms with Gasteiger partial charge in [-0.15, -0.1) is 24.0 Å². The van der Waals surface area contributed by atoms with E-state index in [4.69, 9.17) is 9.47 Å². The average Bonchev–Trinajstić information content (AvgIpc) is 2.56. The van der Waals surface area contributed by atoms with Crippen molar-refractivity contribution in [1.82, 2.24) is 16.0 Å². The van der Waals surface area contributed by atoms with Crippen LogP contribution >= 0.6 is 24.0 Å². The molecule has 1 aromatic carbocycles. The van der Waals surface area contributed by atoms with Crippen LogP contribution in [0.15, 0.2) is 29.3 Å². The molecule has 27 heavy (non-hydrogen) atoms. The largest absolute Gasteiger partial charge is 0.497 e. The number of hydrogen-bond donors (Lipinski definition) is 3. The monoisotopic (exact) mass is 492 g/mol. The summed E-state index contributed by atoms with van der Waals surface area (Å²) in [6, 6.07) is 7.48.